The maximum Gasteiger partial charge on any atom is 0.187 e. The average molecular weight is 227 g/mol. The highest BCUT2D eigenvalue weighted by Crippen LogP contribution is 2.17. The summed E-state index contributed by atoms with van der Waals surface area (Å²) in [5.74, 6) is 0.771. The quantitative estimate of drug-likeness (QED) is 0.579. The van der Waals surface area contributed by atoms with Crippen LogP contribution in [0, 0.1) is 6.92 Å². The highest BCUT2D eigenvalue weighted by Gasteiger charge is 2.17. The van der Waals surface area contributed by atoms with Crippen LogP contribution in [0.1, 0.15) is 18.9 Å². The summed E-state index contributed by atoms with van der Waals surface area (Å²) in [6.45, 7) is 3.97. The summed E-state index contributed by atoms with van der Waals surface area (Å²) >= 11 is 1.53. The van der Waals surface area contributed by atoms with Crippen LogP contribution in [0.5, 0.6) is 0 Å². The highest BCUT2D eigenvalue weighted by molar-refractivity contribution is 7.99. The third-order valence-corrected chi connectivity index (χ3v) is 2.95. The van der Waals surface area contributed by atoms with Crippen molar-refractivity contribution in [1.29, 1.82) is 0 Å². The largest absolute Gasteiger partial charge is 0.389 e. The number of nitrogens with two attached hydrogens (primary N) is 1. The summed E-state index contributed by atoms with van der Waals surface area (Å²) in [5.41, 5.74) is 5.68. The number of aliphatic hydroxyl groups is 1. The molecule has 0 aliphatic carbocycles. The standard InChI is InChI=1S/C10H17N3OS/c1-8-5-12-9(13-6-8)15-4-3-10(2,14)7-11/h5-6,14H,3-4,7,11H2,1-2H3. The molecule has 0 aliphatic heterocycles. The fraction of sp³-hybridized carbons (Fsp3) is 0.600. The molecule has 4 nitrogen and oxygen atoms in total. The number of nitrogens with zero attached hydrogens (tertiary/aromatic N) is 2. The predicted molar refractivity (Wildman–Crippen MR) is 61.8 cm³/mol. The maximum atomic E-state index is 9.67. The van der Waals surface area contributed by atoms with E-state index in [4.69, 9.17) is 5.73 Å². The van der Waals surface area contributed by atoms with Crippen LogP contribution in [0.2, 0.25) is 0 Å². The van der Waals surface area contributed by atoms with Gasteiger partial charge in [0.15, 0.2) is 5.16 Å². The minimum Gasteiger partial charge on any atom is -0.389 e. The summed E-state index contributed by atoms with van der Waals surface area (Å²) in [6.07, 6.45) is 4.22. The third kappa shape index (κ3) is 4.59. The van der Waals surface area contributed by atoms with Crippen molar-refractivity contribution in [1.82, 2.24) is 9.97 Å². The van der Waals surface area contributed by atoms with Crippen molar-refractivity contribution >= 4 is 11.8 Å². The van der Waals surface area contributed by atoms with Crippen LogP contribution in [-0.4, -0.2) is 33.0 Å². The molecule has 1 aromatic heterocycles. The monoisotopic (exact) mass is 227 g/mol. The number of hydrogen-bond acceptors (Lipinski definition) is 5. The number of aromatic nitrogens is 2. The van der Waals surface area contributed by atoms with E-state index in [1.54, 1.807) is 19.3 Å². The summed E-state index contributed by atoms with van der Waals surface area (Å²) in [4.78, 5) is 8.33. The Labute approximate surface area is 94.3 Å². The molecule has 5 heteroatoms. The van der Waals surface area contributed by atoms with Crippen LogP contribution in [-0.2, 0) is 0 Å². The van der Waals surface area contributed by atoms with Crippen LogP contribution in [0.25, 0.3) is 0 Å². The second-order valence-electron chi connectivity index (χ2n) is 3.84. The van der Waals surface area contributed by atoms with E-state index in [2.05, 4.69) is 9.97 Å². The smallest absolute Gasteiger partial charge is 0.187 e. The van der Waals surface area contributed by atoms with Gasteiger partial charge < -0.3 is 10.8 Å². The zero-order valence-electron chi connectivity index (χ0n) is 9.10. The van der Waals surface area contributed by atoms with Gasteiger partial charge in [-0.3, -0.25) is 0 Å². The number of thioether (sulfide) groups is 1. The minimum absolute atomic E-state index is 0.280. The second-order valence-corrected chi connectivity index (χ2v) is 4.90. The van der Waals surface area contributed by atoms with Crippen LogP contribution in [0.3, 0.4) is 0 Å². The summed E-state index contributed by atoms with van der Waals surface area (Å²) in [6, 6.07) is 0. The molecule has 1 heterocycles. The molecule has 1 atom stereocenters. The fourth-order valence-corrected chi connectivity index (χ4v) is 1.90. The molecule has 0 amide bonds. The maximum absolute atomic E-state index is 9.67. The van der Waals surface area contributed by atoms with E-state index in [0.29, 0.717) is 6.42 Å². The molecular weight excluding hydrogens is 210 g/mol. The van der Waals surface area contributed by atoms with Crippen molar-refractivity contribution in [2.75, 3.05) is 12.3 Å². The number of hydrogen-bond donors (Lipinski definition) is 2. The first-order valence-electron chi connectivity index (χ1n) is 4.87. The van der Waals surface area contributed by atoms with Gasteiger partial charge in [0.2, 0.25) is 0 Å². The Morgan fingerprint density at radius 2 is 2.07 bits per heavy atom. The lowest BCUT2D eigenvalue weighted by molar-refractivity contribution is 0.0665. The first kappa shape index (κ1) is 12.4. The van der Waals surface area contributed by atoms with Gasteiger partial charge in [0.05, 0.1) is 5.60 Å². The topological polar surface area (TPSA) is 72.0 Å². The molecule has 0 fully saturated rings. The minimum atomic E-state index is -0.780. The lowest BCUT2D eigenvalue weighted by Crippen LogP contribution is -2.34. The molecular formula is C10H17N3OS. The Hall–Kier alpha value is -0.650. The molecule has 0 saturated carbocycles. The summed E-state index contributed by atoms with van der Waals surface area (Å²) in [5, 5.41) is 10.4. The van der Waals surface area contributed by atoms with Gasteiger partial charge in [0, 0.05) is 24.7 Å². The SMILES string of the molecule is Cc1cnc(SCCC(C)(O)CN)nc1. The molecule has 15 heavy (non-hydrogen) atoms. The van der Waals surface area contributed by atoms with Gasteiger partial charge in [-0.15, -0.1) is 0 Å². The van der Waals surface area contributed by atoms with E-state index in [0.717, 1.165) is 16.5 Å². The molecule has 0 saturated heterocycles. The van der Waals surface area contributed by atoms with Gasteiger partial charge in [-0.2, -0.15) is 0 Å². The van der Waals surface area contributed by atoms with E-state index in [1.807, 2.05) is 6.92 Å². The van der Waals surface area contributed by atoms with E-state index < -0.39 is 5.60 Å². The van der Waals surface area contributed by atoms with Crippen molar-refractivity contribution in [2.24, 2.45) is 5.73 Å². The molecule has 1 aromatic rings. The van der Waals surface area contributed by atoms with E-state index in [9.17, 15) is 5.11 Å². The van der Waals surface area contributed by atoms with Crippen molar-refractivity contribution in [3.8, 4) is 0 Å². The third-order valence-electron chi connectivity index (χ3n) is 2.07. The van der Waals surface area contributed by atoms with Gasteiger partial charge in [-0.05, 0) is 25.8 Å². The van der Waals surface area contributed by atoms with Crippen molar-refractivity contribution < 1.29 is 5.11 Å². The second kappa shape index (κ2) is 5.44. The van der Waals surface area contributed by atoms with E-state index >= 15 is 0 Å². The van der Waals surface area contributed by atoms with Crippen molar-refractivity contribution in [2.45, 2.75) is 31.0 Å². The molecule has 0 aliphatic rings. The molecule has 0 spiro atoms. The van der Waals surface area contributed by atoms with E-state index in [-0.39, 0.29) is 6.54 Å². The lowest BCUT2D eigenvalue weighted by Gasteiger charge is -2.19. The highest BCUT2D eigenvalue weighted by atomic mass is 32.2. The Kier molecular flexibility index (Phi) is 4.50. The molecule has 1 rings (SSSR count). The van der Waals surface area contributed by atoms with E-state index in [1.165, 1.54) is 11.8 Å². The molecule has 0 aromatic carbocycles. The van der Waals surface area contributed by atoms with Gasteiger partial charge in [0.1, 0.15) is 0 Å². The fourth-order valence-electron chi connectivity index (χ4n) is 0.920. The summed E-state index contributed by atoms with van der Waals surface area (Å²) < 4.78 is 0. The van der Waals surface area contributed by atoms with Gasteiger partial charge >= 0.3 is 0 Å². The molecule has 0 radical (unpaired) electrons. The van der Waals surface area contributed by atoms with Crippen LogP contribution in [0.4, 0.5) is 0 Å². The van der Waals surface area contributed by atoms with Crippen LogP contribution in [0.15, 0.2) is 17.6 Å². The van der Waals surface area contributed by atoms with Gasteiger partial charge in [0.25, 0.3) is 0 Å². The zero-order valence-corrected chi connectivity index (χ0v) is 9.92. The average Bonchev–Trinajstić information content (AvgIpc) is 2.21. The Balaban J connectivity index is 2.35. The van der Waals surface area contributed by atoms with Crippen molar-refractivity contribution in [3.05, 3.63) is 18.0 Å². The molecule has 0 bridgehead atoms. The van der Waals surface area contributed by atoms with Crippen LogP contribution < -0.4 is 5.73 Å². The lowest BCUT2D eigenvalue weighted by atomic mass is 10.1. The first-order chi connectivity index (χ1) is 7.03. The zero-order chi connectivity index (χ0) is 11.3. The normalized spacial score (nSPS) is 14.9. The number of rotatable bonds is 5. The molecule has 84 valence electrons. The Bertz CT molecular complexity index is 300. The summed E-state index contributed by atoms with van der Waals surface area (Å²) in [7, 11) is 0. The Morgan fingerprint density at radius 1 is 1.47 bits per heavy atom. The Morgan fingerprint density at radius 3 is 2.60 bits per heavy atom. The predicted octanol–water partition coefficient (Wildman–Crippen LogP) is 0.977. The van der Waals surface area contributed by atoms with Gasteiger partial charge in [-0.25, -0.2) is 9.97 Å². The first-order valence-corrected chi connectivity index (χ1v) is 5.86. The molecule has 3 N–H and O–H groups in total. The van der Waals surface area contributed by atoms with Crippen molar-refractivity contribution in [3.63, 3.8) is 0 Å². The van der Waals surface area contributed by atoms with Gasteiger partial charge in [-0.1, -0.05) is 11.8 Å². The number of aryl methyl sites for hydroxylation is 1. The van der Waals surface area contributed by atoms with Crippen LogP contribution >= 0.6 is 11.8 Å². The molecule has 1 unspecified atom stereocenters.